The summed E-state index contributed by atoms with van der Waals surface area (Å²) in [5.74, 6) is 2.04. The zero-order chi connectivity index (χ0) is 21.9. The van der Waals surface area contributed by atoms with Crippen LogP contribution in [0.25, 0.3) is 0 Å². The molecule has 3 atom stereocenters. The van der Waals surface area contributed by atoms with E-state index in [2.05, 4.69) is 18.7 Å². The van der Waals surface area contributed by atoms with E-state index in [1.165, 1.54) is 12.8 Å². The molecule has 0 heterocycles. The second-order valence-electron chi connectivity index (χ2n) is 8.01. The van der Waals surface area contributed by atoms with E-state index in [0.717, 1.165) is 44.6 Å². The van der Waals surface area contributed by atoms with E-state index < -0.39 is 17.6 Å². The van der Waals surface area contributed by atoms with Gasteiger partial charge in [-0.2, -0.15) is 0 Å². The van der Waals surface area contributed by atoms with Gasteiger partial charge in [0.25, 0.3) is 0 Å². The average molecular weight is 452 g/mol. The Morgan fingerprint density at radius 1 is 0.655 bits per heavy atom. The maximum Gasteiger partial charge on any atom is 0.500 e. The normalized spacial score (nSPS) is 23.3. The van der Waals surface area contributed by atoms with E-state index in [-0.39, 0.29) is 0 Å². The average Bonchev–Trinajstić information content (AvgIpc) is 3.16. The van der Waals surface area contributed by atoms with Gasteiger partial charge in [-0.1, -0.05) is 13.8 Å². The van der Waals surface area contributed by atoms with Crippen LogP contribution >= 0.6 is 0 Å². The quantitative estimate of drug-likeness (QED) is 0.333. The third-order valence-electron chi connectivity index (χ3n) is 6.87. The summed E-state index contributed by atoms with van der Waals surface area (Å²) in [4.78, 5) is 2.55. The predicted molar refractivity (Wildman–Crippen MR) is 120 cm³/mol. The van der Waals surface area contributed by atoms with Crippen LogP contribution in [0.2, 0.25) is 12.1 Å². The standard InChI is InChI=1S/C20H45NO6Si2/c1-9-21(10-2)17-20-16-18(11-13-28(22-3,23-4)24-5)15-19(20)12-14-29(25-6,26-7)27-8/h18-20H,9-17H2,1-8H3. The lowest BCUT2D eigenvalue weighted by molar-refractivity contribution is 0.119. The minimum absolute atomic E-state index is 0.664. The largest absolute Gasteiger partial charge is 0.500 e. The topological polar surface area (TPSA) is 58.6 Å². The molecule has 0 aliphatic heterocycles. The van der Waals surface area contributed by atoms with Crippen molar-refractivity contribution in [1.29, 1.82) is 0 Å². The first-order valence-corrected chi connectivity index (χ1v) is 14.8. The first kappa shape index (κ1) is 27.2. The zero-order valence-electron chi connectivity index (χ0n) is 20.0. The molecule has 29 heavy (non-hydrogen) atoms. The molecule has 0 bridgehead atoms. The highest BCUT2D eigenvalue weighted by atomic mass is 28.4. The van der Waals surface area contributed by atoms with Crippen LogP contribution in [0.4, 0.5) is 0 Å². The molecule has 0 aromatic heterocycles. The molecular formula is C20H45NO6Si2. The fraction of sp³-hybridized carbons (Fsp3) is 1.00. The molecule has 1 rings (SSSR count). The van der Waals surface area contributed by atoms with E-state index in [1.807, 2.05) is 0 Å². The SMILES string of the molecule is CCN(CC)CC1CC(CC[Si](OC)(OC)OC)CC1CC[Si](OC)(OC)OC. The molecule has 0 spiro atoms. The van der Waals surface area contributed by atoms with Gasteiger partial charge in [0, 0.05) is 61.3 Å². The van der Waals surface area contributed by atoms with Gasteiger partial charge in [0.05, 0.1) is 0 Å². The lowest BCUT2D eigenvalue weighted by Gasteiger charge is -2.29. The van der Waals surface area contributed by atoms with Crippen LogP contribution in [0.5, 0.6) is 0 Å². The second-order valence-corrected chi connectivity index (χ2v) is 14.2. The molecule has 0 N–H and O–H groups in total. The molecule has 1 saturated carbocycles. The first-order chi connectivity index (χ1) is 13.9. The Balaban J connectivity index is 2.79. The maximum absolute atomic E-state index is 5.66. The van der Waals surface area contributed by atoms with Crippen molar-refractivity contribution < 1.29 is 26.6 Å². The lowest BCUT2D eigenvalue weighted by atomic mass is 9.93. The van der Waals surface area contributed by atoms with Crippen LogP contribution in [0.3, 0.4) is 0 Å². The Morgan fingerprint density at radius 2 is 1.07 bits per heavy atom. The van der Waals surface area contributed by atoms with E-state index in [0.29, 0.717) is 17.8 Å². The van der Waals surface area contributed by atoms with E-state index in [9.17, 15) is 0 Å². The summed E-state index contributed by atoms with van der Waals surface area (Å²) >= 11 is 0. The van der Waals surface area contributed by atoms with Crippen molar-refractivity contribution in [2.45, 2.75) is 51.6 Å². The molecule has 3 unspecified atom stereocenters. The van der Waals surface area contributed by atoms with Gasteiger partial charge in [0.1, 0.15) is 0 Å². The van der Waals surface area contributed by atoms with Crippen LogP contribution in [0.1, 0.15) is 39.5 Å². The van der Waals surface area contributed by atoms with Crippen molar-refractivity contribution in [2.75, 3.05) is 62.3 Å². The summed E-state index contributed by atoms with van der Waals surface area (Å²) in [6, 6.07) is 1.74. The number of hydrogen-bond donors (Lipinski definition) is 0. The van der Waals surface area contributed by atoms with E-state index in [1.54, 1.807) is 42.7 Å². The van der Waals surface area contributed by atoms with Crippen LogP contribution < -0.4 is 0 Å². The Labute approximate surface area is 181 Å². The predicted octanol–water partition coefficient (Wildman–Crippen LogP) is 3.51. The van der Waals surface area contributed by atoms with Crippen LogP contribution in [0, 0.1) is 17.8 Å². The summed E-state index contributed by atoms with van der Waals surface area (Å²) < 4.78 is 33.9. The number of hydrogen-bond acceptors (Lipinski definition) is 7. The van der Waals surface area contributed by atoms with Gasteiger partial charge in [0.15, 0.2) is 0 Å². The minimum Gasteiger partial charge on any atom is -0.377 e. The monoisotopic (exact) mass is 451 g/mol. The van der Waals surface area contributed by atoms with Crippen molar-refractivity contribution >= 4 is 17.6 Å². The molecule has 0 saturated heterocycles. The van der Waals surface area contributed by atoms with Gasteiger partial charge in [-0.15, -0.1) is 0 Å². The number of rotatable bonds is 16. The first-order valence-electron chi connectivity index (χ1n) is 10.9. The maximum atomic E-state index is 5.66. The van der Waals surface area contributed by atoms with Gasteiger partial charge in [-0.3, -0.25) is 0 Å². The van der Waals surface area contributed by atoms with Crippen molar-refractivity contribution in [1.82, 2.24) is 4.90 Å². The minimum atomic E-state index is -2.53. The van der Waals surface area contributed by atoms with Gasteiger partial charge in [-0.25, -0.2) is 0 Å². The van der Waals surface area contributed by atoms with Crippen LogP contribution in [0.15, 0.2) is 0 Å². The molecule has 0 aromatic carbocycles. The molecular weight excluding hydrogens is 406 g/mol. The molecule has 7 nitrogen and oxygen atoms in total. The lowest BCUT2D eigenvalue weighted by Crippen LogP contribution is -2.43. The Morgan fingerprint density at radius 3 is 1.48 bits per heavy atom. The molecule has 0 radical (unpaired) electrons. The molecule has 174 valence electrons. The molecule has 1 aliphatic rings. The Kier molecular flexibility index (Phi) is 12.7. The van der Waals surface area contributed by atoms with E-state index >= 15 is 0 Å². The number of nitrogens with zero attached hydrogens (tertiary/aromatic N) is 1. The smallest absolute Gasteiger partial charge is 0.377 e. The molecule has 9 heteroatoms. The molecule has 1 fully saturated rings. The summed E-state index contributed by atoms with van der Waals surface area (Å²) in [5.41, 5.74) is 0. The van der Waals surface area contributed by atoms with Crippen LogP contribution in [-0.2, 0) is 26.6 Å². The Bertz CT molecular complexity index is 417. The molecule has 0 aromatic rings. The van der Waals surface area contributed by atoms with Gasteiger partial charge in [0.2, 0.25) is 0 Å². The fourth-order valence-corrected chi connectivity index (χ4v) is 8.53. The van der Waals surface area contributed by atoms with Crippen LogP contribution in [-0.4, -0.2) is 84.8 Å². The van der Waals surface area contributed by atoms with Crippen molar-refractivity contribution in [2.24, 2.45) is 17.8 Å². The van der Waals surface area contributed by atoms with Gasteiger partial charge in [-0.05, 0) is 56.5 Å². The highest BCUT2D eigenvalue weighted by molar-refractivity contribution is 6.60. The fourth-order valence-electron chi connectivity index (χ4n) is 4.82. The van der Waals surface area contributed by atoms with E-state index in [4.69, 9.17) is 26.6 Å². The van der Waals surface area contributed by atoms with Gasteiger partial charge < -0.3 is 31.5 Å². The zero-order valence-corrected chi connectivity index (χ0v) is 22.0. The third kappa shape index (κ3) is 7.66. The second kappa shape index (κ2) is 13.5. The summed E-state index contributed by atoms with van der Waals surface area (Å²) in [6.45, 7) is 7.87. The van der Waals surface area contributed by atoms with Crippen molar-refractivity contribution in [3.05, 3.63) is 0 Å². The highest BCUT2D eigenvalue weighted by Gasteiger charge is 2.43. The third-order valence-corrected chi connectivity index (χ3v) is 12.4. The molecule has 1 aliphatic carbocycles. The van der Waals surface area contributed by atoms with Gasteiger partial charge >= 0.3 is 17.6 Å². The van der Waals surface area contributed by atoms with Crippen molar-refractivity contribution in [3.63, 3.8) is 0 Å². The van der Waals surface area contributed by atoms with Crippen molar-refractivity contribution in [3.8, 4) is 0 Å². The Hall–Kier alpha value is 0.154. The highest BCUT2D eigenvalue weighted by Crippen LogP contribution is 2.43. The summed E-state index contributed by atoms with van der Waals surface area (Å²) in [7, 11) is 5.18. The summed E-state index contributed by atoms with van der Waals surface area (Å²) in [6.07, 6.45) is 4.67. The summed E-state index contributed by atoms with van der Waals surface area (Å²) in [5, 5.41) is 0. The molecule has 0 amide bonds.